The molecule has 53 heavy (non-hydrogen) atoms. The second kappa shape index (κ2) is 11.2. The van der Waals surface area contributed by atoms with Gasteiger partial charge in [0.25, 0.3) is 0 Å². The third kappa shape index (κ3) is 4.31. The molecule has 0 aromatic carbocycles. The Balaban J connectivity index is 1.21. The molecule has 0 radical (unpaired) electrons. The molecule has 16 atom stereocenters. The van der Waals surface area contributed by atoms with Crippen LogP contribution in [0.1, 0.15) is 54.4 Å². The number of carbonyl (C=O) groups excluding carboxylic acids is 4. The summed E-state index contributed by atoms with van der Waals surface area (Å²) in [5.41, 5.74) is -5.43. The molecule has 0 amide bonds. The first-order valence-corrected chi connectivity index (χ1v) is 18.3. The van der Waals surface area contributed by atoms with E-state index in [-0.39, 0.29) is 50.7 Å². The maximum Gasteiger partial charge on any atom is 0.302 e. The predicted octanol–water partition coefficient (Wildman–Crippen LogP) is 0.595. The fourth-order valence-corrected chi connectivity index (χ4v) is 12.2. The molecule has 0 aromatic rings. The van der Waals surface area contributed by atoms with E-state index in [1.54, 1.807) is 26.2 Å². The van der Waals surface area contributed by atoms with Crippen LogP contribution in [-0.4, -0.2) is 127 Å². The second-order valence-electron chi connectivity index (χ2n) is 16.7. The zero-order valence-electron chi connectivity index (χ0n) is 30.5. The minimum atomic E-state index is -2.22. The number of epoxide rings is 2. The molecule has 2 N–H and O–H groups in total. The highest BCUT2D eigenvalue weighted by atomic mass is 16.8. The second-order valence-corrected chi connectivity index (χ2v) is 16.7. The molecule has 6 heterocycles. The van der Waals surface area contributed by atoms with E-state index in [2.05, 4.69) is 0 Å². The number of fused-ring (bicyclic) bond motifs is 3. The molecule has 2 spiro atoms. The van der Waals surface area contributed by atoms with E-state index >= 15 is 0 Å². The lowest BCUT2D eigenvalue weighted by atomic mass is 9.38. The van der Waals surface area contributed by atoms with Gasteiger partial charge in [0.05, 0.1) is 55.1 Å². The molecule has 5 saturated heterocycles. The van der Waals surface area contributed by atoms with Crippen LogP contribution in [-0.2, 0) is 66.5 Å². The maximum absolute atomic E-state index is 13.3. The standard InChI is InChI=1S/C37H46O16/c1-7-16(2)20(41)10-44-23-8-22(50-19(5)40)33(12-46-17(3)38)13-48-26-27(33)34(23)14-49-36(43,15-47-18(4)39)30(34)32(6,28(26)42)35-9-21-25(29(35)53-35)37-24(52-37)11-45-31(37)51-21/h7,11,21-23,25-31,42-43H,8-10,12-15H2,1-6H3. The lowest BCUT2D eigenvalue weighted by Gasteiger charge is -2.66. The summed E-state index contributed by atoms with van der Waals surface area (Å²) < 4.78 is 61.8. The van der Waals surface area contributed by atoms with Gasteiger partial charge in [-0.1, -0.05) is 13.0 Å². The molecule has 3 saturated carbocycles. The summed E-state index contributed by atoms with van der Waals surface area (Å²) in [6.45, 7) is 7.53. The molecule has 16 nitrogen and oxygen atoms in total. The summed E-state index contributed by atoms with van der Waals surface area (Å²) in [5, 5.41) is 25.8. The average molecular weight is 747 g/mol. The quantitative estimate of drug-likeness (QED) is 0.136. The molecule has 290 valence electrons. The number of ketones is 1. The van der Waals surface area contributed by atoms with Crippen LogP contribution < -0.4 is 0 Å². The van der Waals surface area contributed by atoms with Crippen LogP contribution in [0.15, 0.2) is 23.7 Å². The van der Waals surface area contributed by atoms with Gasteiger partial charge in [0.2, 0.25) is 17.7 Å². The van der Waals surface area contributed by atoms with Crippen molar-refractivity contribution in [2.24, 2.45) is 34.0 Å². The van der Waals surface area contributed by atoms with Gasteiger partial charge in [-0.15, -0.1) is 0 Å². The van der Waals surface area contributed by atoms with E-state index < -0.39 is 106 Å². The SMILES string of the molecule is CC=C(C)C(=O)COC1CC(OC(C)=O)C2(COC(C)=O)COC3C2C12COC(O)(COC(C)=O)C2C(C)(C12CC4OC5OC=C6OC65C4C1O2)C3O. The van der Waals surface area contributed by atoms with Crippen molar-refractivity contribution in [3.8, 4) is 0 Å². The number of aliphatic hydroxyl groups is 2. The third-order valence-corrected chi connectivity index (χ3v) is 14.4. The topological polar surface area (TPSA) is 208 Å². The summed E-state index contributed by atoms with van der Waals surface area (Å²) in [4.78, 5) is 50.7. The molecule has 16 heteroatoms. The number of hydrogen-bond acceptors (Lipinski definition) is 16. The molecule has 3 aliphatic carbocycles. The molecule has 0 bridgehead atoms. The highest BCUT2D eigenvalue weighted by Crippen LogP contribution is 2.81. The fraction of sp³-hybridized carbons (Fsp3) is 0.784. The summed E-state index contributed by atoms with van der Waals surface area (Å²) >= 11 is 0. The van der Waals surface area contributed by atoms with Crippen molar-refractivity contribution in [1.82, 2.24) is 0 Å². The maximum atomic E-state index is 13.3. The number of esters is 3. The van der Waals surface area contributed by atoms with Gasteiger partial charge in [-0.05, 0) is 19.4 Å². The van der Waals surface area contributed by atoms with Crippen LogP contribution in [0.4, 0.5) is 0 Å². The first-order chi connectivity index (χ1) is 25.1. The van der Waals surface area contributed by atoms with Gasteiger partial charge >= 0.3 is 17.9 Å². The normalized spacial score (nSPS) is 51.6. The third-order valence-electron chi connectivity index (χ3n) is 14.4. The molecule has 16 unspecified atom stereocenters. The number of rotatable bonds is 10. The number of Topliss-reactive ketones (excluding diaryl/α,β-unsaturated/α-hetero) is 1. The van der Waals surface area contributed by atoms with Crippen LogP contribution in [0.2, 0.25) is 0 Å². The van der Waals surface area contributed by atoms with E-state index in [9.17, 15) is 29.4 Å². The zero-order valence-corrected chi connectivity index (χ0v) is 30.5. The highest BCUT2D eigenvalue weighted by molar-refractivity contribution is 5.95. The number of allylic oxidation sites excluding steroid dienone is 1. The van der Waals surface area contributed by atoms with Crippen molar-refractivity contribution in [1.29, 1.82) is 0 Å². The fourth-order valence-electron chi connectivity index (χ4n) is 12.2. The Hall–Kier alpha value is -3.12. The Kier molecular flexibility index (Phi) is 7.54. The van der Waals surface area contributed by atoms with E-state index in [1.165, 1.54) is 20.8 Å². The van der Waals surface area contributed by atoms with Crippen LogP contribution in [0.5, 0.6) is 0 Å². The van der Waals surface area contributed by atoms with Crippen LogP contribution in [0, 0.1) is 34.0 Å². The van der Waals surface area contributed by atoms with Crippen LogP contribution >= 0.6 is 0 Å². The molecule has 9 aliphatic rings. The Morgan fingerprint density at radius 3 is 2.43 bits per heavy atom. The van der Waals surface area contributed by atoms with Crippen molar-refractivity contribution < 1.29 is 76.8 Å². The van der Waals surface area contributed by atoms with Crippen molar-refractivity contribution in [3.05, 3.63) is 23.7 Å². The van der Waals surface area contributed by atoms with Gasteiger partial charge in [-0.2, -0.15) is 0 Å². The number of ether oxygens (including phenoxy) is 10. The van der Waals surface area contributed by atoms with Crippen molar-refractivity contribution in [2.75, 3.05) is 33.0 Å². The Labute approximate surface area is 305 Å². The first kappa shape index (κ1) is 35.6. The van der Waals surface area contributed by atoms with E-state index in [1.807, 2.05) is 6.92 Å². The molecular formula is C37H46O16. The van der Waals surface area contributed by atoms with Gasteiger partial charge in [0.1, 0.15) is 37.8 Å². The van der Waals surface area contributed by atoms with Crippen LogP contribution in [0.3, 0.4) is 0 Å². The smallest absolute Gasteiger partial charge is 0.302 e. The molecule has 8 fully saturated rings. The number of carbonyl (C=O) groups is 4. The van der Waals surface area contributed by atoms with Crippen molar-refractivity contribution >= 4 is 23.7 Å². The first-order valence-electron chi connectivity index (χ1n) is 18.3. The van der Waals surface area contributed by atoms with Crippen molar-refractivity contribution in [3.63, 3.8) is 0 Å². The minimum Gasteiger partial charge on any atom is -0.469 e. The van der Waals surface area contributed by atoms with Gasteiger partial charge in [0, 0.05) is 56.3 Å². The summed E-state index contributed by atoms with van der Waals surface area (Å²) in [5.74, 6) is -5.89. The highest BCUT2D eigenvalue weighted by Gasteiger charge is 2.94. The Morgan fingerprint density at radius 1 is 1.02 bits per heavy atom. The largest absolute Gasteiger partial charge is 0.469 e. The predicted molar refractivity (Wildman–Crippen MR) is 172 cm³/mol. The summed E-state index contributed by atoms with van der Waals surface area (Å²) in [7, 11) is 0. The van der Waals surface area contributed by atoms with E-state index in [4.69, 9.17) is 47.4 Å². The van der Waals surface area contributed by atoms with Gasteiger partial charge in [0.15, 0.2) is 11.5 Å². The molecule has 9 rings (SSSR count). The van der Waals surface area contributed by atoms with Gasteiger partial charge < -0.3 is 57.6 Å². The minimum absolute atomic E-state index is 0.00104. The summed E-state index contributed by atoms with van der Waals surface area (Å²) in [6, 6.07) is 0. The van der Waals surface area contributed by atoms with E-state index in [0.29, 0.717) is 17.8 Å². The number of hydrogen-bond donors (Lipinski definition) is 2. The van der Waals surface area contributed by atoms with Gasteiger partial charge in [-0.3, -0.25) is 19.2 Å². The molecule has 0 aromatic heterocycles. The lowest BCUT2D eigenvalue weighted by Crippen LogP contribution is -2.77. The number of aliphatic hydroxyl groups excluding tert-OH is 1. The average Bonchev–Trinajstić information content (AvgIpc) is 3.66. The molecular weight excluding hydrogens is 700 g/mol. The molecule has 6 aliphatic heterocycles. The van der Waals surface area contributed by atoms with Crippen molar-refractivity contribution in [2.45, 2.75) is 114 Å². The Bertz CT molecular complexity index is 1730. The Morgan fingerprint density at radius 2 is 1.75 bits per heavy atom. The zero-order chi connectivity index (χ0) is 37.7. The van der Waals surface area contributed by atoms with E-state index in [0.717, 1.165) is 0 Å². The van der Waals surface area contributed by atoms with Crippen LogP contribution in [0.25, 0.3) is 0 Å². The summed E-state index contributed by atoms with van der Waals surface area (Å²) in [6.07, 6.45) is -2.23. The van der Waals surface area contributed by atoms with Gasteiger partial charge in [-0.25, -0.2) is 0 Å². The lowest BCUT2D eigenvalue weighted by molar-refractivity contribution is -0.311. The monoisotopic (exact) mass is 746 g/mol.